The molecule has 166 valence electrons. The molecule has 0 fully saturated rings. The number of nitrogens with zero attached hydrogens (tertiary/aromatic N) is 1. The van der Waals surface area contributed by atoms with Crippen molar-refractivity contribution >= 4 is 28.5 Å². The van der Waals surface area contributed by atoms with E-state index in [2.05, 4.69) is 15.8 Å². The lowest BCUT2D eigenvalue weighted by atomic mass is 10.0. The van der Waals surface area contributed by atoms with Crippen molar-refractivity contribution in [2.24, 2.45) is 0 Å². The summed E-state index contributed by atoms with van der Waals surface area (Å²) in [7, 11) is 6.19. The highest BCUT2D eigenvalue weighted by molar-refractivity contribution is 5.92. The van der Waals surface area contributed by atoms with E-state index in [1.165, 1.54) is 7.11 Å². The van der Waals surface area contributed by atoms with E-state index >= 15 is 0 Å². The molecule has 0 amide bonds. The number of oxazole rings is 1. The Morgan fingerprint density at radius 2 is 1.56 bits per heavy atom. The molecule has 4 aromatic rings. The van der Waals surface area contributed by atoms with Crippen LogP contribution in [0.5, 0.6) is 23.0 Å². The van der Waals surface area contributed by atoms with E-state index < -0.39 is 0 Å². The molecule has 1 aromatic heterocycles. The molecule has 0 radical (unpaired) electrons. The SMILES string of the molecule is COc1ccc(-c2cccc3nc(Nc4cc(OC)c(OC)c(OC)c4)oc23)cc1NO. The summed E-state index contributed by atoms with van der Waals surface area (Å²) < 4.78 is 27.4. The fourth-order valence-electron chi connectivity index (χ4n) is 3.47. The Morgan fingerprint density at radius 1 is 0.844 bits per heavy atom. The van der Waals surface area contributed by atoms with Crippen molar-refractivity contribution in [2.45, 2.75) is 0 Å². The smallest absolute Gasteiger partial charge is 0.300 e. The second kappa shape index (κ2) is 8.94. The molecule has 0 bridgehead atoms. The van der Waals surface area contributed by atoms with Crippen LogP contribution < -0.4 is 29.7 Å². The first-order valence-electron chi connectivity index (χ1n) is 9.67. The summed E-state index contributed by atoms with van der Waals surface area (Å²) in [5, 5.41) is 12.6. The monoisotopic (exact) mass is 437 g/mol. The number of rotatable bonds is 8. The number of hydrogen-bond acceptors (Lipinski definition) is 9. The van der Waals surface area contributed by atoms with Crippen molar-refractivity contribution in [2.75, 3.05) is 39.2 Å². The molecule has 0 aliphatic heterocycles. The average molecular weight is 437 g/mol. The van der Waals surface area contributed by atoms with E-state index in [0.29, 0.717) is 51.5 Å². The van der Waals surface area contributed by atoms with Gasteiger partial charge in [-0.15, -0.1) is 0 Å². The van der Waals surface area contributed by atoms with Crippen LogP contribution >= 0.6 is 0 Å². The highest BCUT2D eigenvalue weighted by Crippen LogP contribution is 2.41. The molecule has 1 heterocycles. The number of methoxy groups -OCH3 is 4. The van der Waals surface area contributed by atoms with Crippen LogP contribution in [0.4, 0.5) is 17.4 Å². The second-order valence-electron chi connectivity index (χ2n) is 6.74. The maximum atomic E-state index is 9.42. The first kappa shape index (κ1) is 21.1. The van der Waals surface area contributed by atoms with Gasteiger partial charge in [-0.1, -0.05) is 18.2 Å². The fourth-order valence-corrected chi connectivity index (χ4v) is 3.47. The Bertz CT molecular complexity index is 1230. The fraction of sp³-hybridized carbons (Fsp3) is 0.174. The van der Waals surface area contributed by atoms with Gasteiger partial charge in [0.2, 0.25) is 5.75 Å². The minimum absolute atomic E-state index is 0.302. The van der Waals surface area contributed by atoms with Crippen LogP contribution in [0.1, 0.15) is 0 Å². The van der Waals surface area contributed by atoms with E-state index in [1.807, 2.05) is 24.3 Å². The average Bonchev–Trinajstić information content (AvgIpc) is 3.25. The number of aromatic nitrogens is 1. The molecule has 0 unspecified atom stereocenters. The zero-order valence-electron chi connectivity index (χ0n) is 18.1. The van der Waals surface area contributed by atoms with E-state index in [0.717, 1.165) is 11.1 Å². The normalized spacial score (nSPS) is 10.7. The lowest BCUT2D eigenvalue weighted by Crippen LogP contribution is -1.97. The van der Waals surface area contributed by atoms with Crippen LogP contribution in [0.25, 0.3) is 22.2 Å². The lowest BCUT2D eigenvalue weighted by molar-refractivity contribution is 0.324. The van der Waals surface area contributed by atoms with Gasteiger partial charge in [0.15, 0.2) is 17.1 Å². The van der Waals surface area contributed by atoms with Crippen LogP contribution in [0.2, 0.25) is 0 Å². The molecular weight excluding hydrogens is 414 g/mol. The third-order valence-electron chi connectivity index (χ3n) is 4.96. The van der Waals surface area contributed by atoms with Crippen molar-refractivity contribution in [3.63, 3.8) is 0 Å². The molecule has 4 rings (SSSR count). The number of fused-ring (bicyclic) bond motifs is 1. The molecule has 0 atom stereocenters. The number of anilines is 3. The Kier molecular flexibility index (Phi) is 5.91. The Balaban J connectivity index is 1.73. The van der Waals surface area contributed by atoms with Crippen LogP contribution in [-0.2, 0) is 0 Å². The third-order valence-corrected chi connectivity index (χ3v) is 4.96. The first-order chi connectivity index (χ1) is 15.6. The van der Waals surface area contributed by atoms with E-state index in [1.54, 1.807) is 45.6 Å². The van der Waals surface area contributed by atoms with Crippen LogP contribution in [-0.4, -0.2) is 38.6 Å². The molecular formula is C23H23N3O6. The summed E-state index contributed by atoms with van der Waals surface area (Å²) in [5.74, 6) is 2.03. The predicted molar refractivity (Wildman–Crippen MR) is 121 cm³/mol. The summed E-state index contributed by atoms with van der Waals surface area (Å²) in [6.45, 7) is 0. The standard InChI is InChI=1S/C23H23N3O6/c1-28-18-9-8-13(10-17(18)26-27)15-6-5-7-16-21(15)32-23(25-16)24-14-11-19(29-2)22(31-4)20(12-14)30-3/h5-12,26-27H,1-4H3,(H,24,25). The quantitative estimate of drug-likeness (QED) is 0.326. The minimum atomic E-state index is 0.302. The molecule has 0 spiro atoms. The van der Waals surface area contributed by atoms with Crippen molar-refractivity contribution < 1.29 is 28.6 Å². The topological polar surface area (TPSA) is 107 Å². The first-order valence-corrected chi connectivity index (χ1v) is 9.67. The molecule has 9 nitrogen and oxygen atoms in total. The van der Waals surface area contributed by atoms with Gasteiger partial charge < -0.3 is 28.7 Å². The molecule has 3 N–H and O–H groups in total. The molecule has 9 heteroatoms. The van der Waals surface area contributed by atoms with Crippen molar-refractivity contribution in [3.05, 3.63) is 48.5 Å². The zero-order valence-corrected chi connectivity index (χ0v) is 18.1. The van der Waals surface area contributed by atoms with Gasteiger partial charge in [-0.05, 0) is 23.8 Å². The zero-order chi connectivity index (χ0) is 22.7. The molecule has 0 saturated heterocycles. The maximum absolute atomic E-state index is 9.42. The van der Waals surface area contributed by atoms with Crippen molar-refractivity contribution in [3.8, 4) is 34.1 Å². The summed E-state index contributed by atoms with van der Waals surface area (Å²) in [6, 6.07) is 14.9. The van der Waals surface area contributed by atoms with Gasteiger partial charge in [-0.25, -0.2) is 0 Å². The van der Waals surface area contributed by atoms with Crippen LogP contribution in [0.15, 0.2) is 52.9 Å². The van der Waals surface area contributed by atoms with Crippen molar-refractivity contribution in [1.29, 1.82) is 0 Å². The molecule has 0 aliphatic rings. The summed E-state index contributed by atoms with van der Waals surface area (Å²) in [6.07, 6.45) is 0. The summed E-state index contributed by atoms with van der Waals surface area (Å²) in [4.78, 5) is 4.54. The van der Waals surface area contributed by atoms with Gasteiger partial charge in [-0.3, -0.25) is 10.7 Å². The number of para-hydroxylation sites is 1. The molecule has 32 heavy (non-hydrogen) atoms. The van der Waals surface area contributed by atoms with Gasteiger partial charge >= 0.3 is 0 Å². The number of nitrogens with one attached hydrogen (secondary N) is 2. The second-order valence-corrected chi connectivity index (χ2v) is 6.74. The highest BCUT2D eigenvalue weighted by Gasteiger charge is 2.16. The van der Waals surface area contributed by atoms with Gasteiger partial charge in [0.05, 0.1) is 28.4 Å². The van der Waals surface area contributed by atoms with Crippen molar-refractivity contribution in [1.82, 2.24) is 4.98 Å². The maximum Gasteiger partial charge on any atom is 0.300 e. The van der Waals surface area contributed by atoms with E-state index in [9.17, 15) is 5.21 Å². The third kappa shape index (κ3) is 3.81. The lowest BCUT2D eigenvalue weighted by Gasteiger charge is -2.14. The largest absolute Gasteiger partial charge is 0.495 e. The van der Waals surface area contributed by atoms with E-state index in [4.69, 9.17) is 23.4 Å². The Morgan fingerprint density at radius 3 is 2.19 bits per heavy atom. The Hall–Kier alpha value is -4.11. The van der Waals surface area contributed by atoms with Gasteiger partial charge in [0.1, 0.15) is 17.0 Å². The van der Waals surface area contributed by atoms with Crippen LogP contribution in [0, 0.1) is 0 Å². The minimum Gasteiger partial charge on any atom is -0.495 e. The predicted octanol–water partition coefficient (Wildman–Crippen LogP) is 5.07. The van der Waals surface area contributed by atoms with E-state index in [-0.39, 0.29) is 0 Å². The summed E-state index contributed by atoms with van der Waals surface area (Å²) >= 11 is 0. The van der Waals surface area contributed by atoms with Gasteiger partial charge in [-0.2, -0.15) is 4.98 Å². The number of hydrogen-bond donors (Lipinski definition) is 3. The molecule has 0 aliphatic carbocycles. The summed E-state index contributed by atoms with van der Waals surface area (Å²) in [5.41, 5.74) is 6.16. The molecule has 0 saturated carbocycles. The van der Waals surface area contributed by atoms with Gasteiger partial charge in [0.25, 0.3) is 6.01 Å². The Labute approximate surface area is 184 Å². The highest BCUT2D eigenvalue weighted by atomic mass is 16.5. The van der Waals surface area contributed by atoms with Crippen LogP contribution in [0.3, 0.4) is 0 Å². The molecule has 3 aromatic carbocycles. The number of ether oxygens (including phenoxy) is 4. The number of benzene rings is 3. The van der Waals surface area contributed by atoms with Gasteiger partial charge in [0, 0.05) is 23.4 Å².